The summed E-state index contributed by atoms with van der Waals surface area (Å²) in [5, 5.41) is 4.99. The summed E-state index contributed by atoms with van der Waals surface area (Å²) in [7, 11) is 0. The molecule has 0 spiro atoms. The Morgan fingerprint density at radius 3 is 2.71 bits per heavy atom. The molecule has 0 unspecified atom stereocenters. The number of carbonyl (C=O) groups excluding carboxylic acids is 2. The Labute approximate surface area is 142 Å². The average Bonchev–Trinajstić information content (AvgIpc) is 3.27. The van der Waals surface area contributed by atoms with E-state index in [1.165, 1.54) is 18.3 Å². The Morgan fingerprint density at radius 1 is 1.21 bits per heavy atom. The van der Waals surface area contributed by atoms with Crippen molar-refractivity contribution in [3.05, 3.63) is 59.7 Å². The molecule has 1 atom stereocenters. The average molecular weight is 341 g/mol. The topological polar surface area (TPSA) is 84.1 Å². The van der Waals surface area contributed by atoms with Gasteiger partial charge in [0.05, 0.1) is 5.69 Å². The van der Waals surface area contributed by atoms with Crippen LogP contribution in [0.25, 0.3) is 11.3 Å². The van der Waals surface area contributed by atoms with Crippen LogP contribution >= 0.6 is 11.3 Å². The summed E-state index contributed by atoms with van der Waals surface area (Å²) in [5.41, 5.74) is 2.06. The van der Waals surface area contributed by atoms with Gasteiger partial charge in [-0.05, 0) is 19.1 Å². The lowest BCUT2D eigenvalue weighted by Crippen LogP contribution is -2.30. The standard InChI is InChI=1S/C17H15N3O3S/c1-11(23-16(22)13-8-5-9-18-13)15(21)20-17-19-14(10-24-17)12-6-3-2-4-7-12/h2-11,18H,1H3,(H,19,20,21)/t11-/m1/s1. The number of amides is 1. The van der Waals surface area contributed by atoms with Gasteiger partial charge in [-0.15, -0.1) is 11.3 Å². The number of benzene rings is 1. The molecule has 0 aliphatic carbocycles. The SMILES string of the molecule is C[C@@H](OC(=O)c1ccc[nH]1)C(=O)Nc1nc(-c2ccccc2)cs1. The van der Waals surface area contributed by atoms with E-state index in [0.29, 0.717) is 10.8 Å². The highest BCUT2D eigenvalue weighted by Gasteiger charge is 2.20. The van der Waals surface area contributed by atoms with Gasteiger partial charge >= 0.3 is 5.97 Å². The van der Waals surface area contributed by atoms with Crippen molar-refractivity contribution in [3.63, 3.8) is 0 Å². The van der Waals surface area contributed by atoms with Crippen molar-refractivity contribution in [3.8, 4) is 11.3 Å². The van der Waals surface area contributed by atoms with Gasteiger partial charge in [0.25, 0.3) is 5.91 Å². The normalized spacial score (nSPS) is 11.7. The number of carbonyl (C=O) groups is 2. The van der Waals surface area contributed by atoms with Crippen LogP contribution in [0.15, 0.2) is 54.0 Å². The zero-order valence-corrected chi connectivity index (χ0v) is 13.7. The monoisotopic (exact) mass is 341 g/mol. The van der Waals surface area contributed by atoms with E-state index in [-0.39, 0.29) is 0 Å². The molecule has 7 heteroatoms. The van der Waals surface area contributed by atoms with Crippen LogP contribution in [0.3, 0.4) is 0 Å². The third-order valence-electron chi connectivity index (χ3n) is 3.27. The minimum Gasteiger partial charge on any atom is -0.448 e. The molecule has 0 saturated carbocycles. The van der Waals surface area contributed by atoms with Crippen LogP contribution in [0, 0.1) is 0 Å². The van der Waals surface area contributed by atoms with Crippen LogP contribution in [-0.2, 0) is 9.53 Å². The molecule has 2 aromatic heterocycles. The smallest absolute Gasteiger partial charge is 0.355 e. The summed E-state index contributed by atoms with van der Waals surface area (Å²) < 4.78 is 5.11. The summed E-state index contributed by atoms with van der Waals surface area (Å²) >= 11 is 1.32. The van der Waals surface area contributed by atoms with E-state index in [2.05, 4.69) is 15.3 Å². The van der Waals surface area contributed by atoms with Crippen LogP contribution in [0.4, 0.5) is 5.13 Å². The second-order valence-electron chi connectivity index (χ2n) is 5.02. The maximum atomic E-state index is 12.1. The Morgan fingerprint density at radius 2 is 2.00 bits per heavy atom. The molecular weight excluding hydrogens is 326 g/mol. The molecule has 122 valence electrons. The van der Waals surface area contributed by atoms with Gasteiger partial charge in [0, 0.05) is 17.1 Å². The van der Waals surface area contributed by atoms with Crippen LogP contribution in [-0.4, -0.2) is 27.9 Å². The highest BCUT2D eigenvalue weighted by atomic mass is 32.1. The summed E-state index contributed by atoms with van der Waals surface area (Å²) in [6.45, 7) is 1.52. The number of esters is 1. The number of rotatable bonds is 5. The molecule has 1 amide bonds. The fourth-order valence-electron chi connectivity index (χ4n) is 2.01. The third-order valence-corrected chi connectivity index (χ3v) is 4.03. The molecule has 0 radical (unpaired) electrons. The van der Waals surface area contributed by atoms with Crippen LogP contribution in [0.2, 0.25) is 0 Å². The van der Waals surface area contributed by atoms with Gasteiger partial charge in [0.2, 0.25) is 0 Å². The maximum Gasteiger partial charge on any atom is 0.355 e. The van der Waals surface area contributed by atoms with E-state index >= 15 is 0 Å². The lowest BCUT2D eigenvalue weighted by molar-refractivity contribution is -0.123. The highest BCUT2D eigenvalue weighted by molar-refractivity contribution is 7.14. The van der Waals surface area contributed by atoms with E-state index in [1.807, 2.05) is 35.7 Å². The first kappa shape index (κ1) is 15.9. The second kappa shape index (κ2) is 7.10. The fourth-order valence-corrected chi connectivity index (χ4v) is 2.74. The van der Waals surface area contributed by atoms with Crippen molar-refractivity contribution in [2.24, 2.45) is 0 Å². The van der Waals surface area contributed by atoms with Gasteiger partial charge in [-0.1, -0.05) is 30.3 Å². The van der Waals surface area contributed by atoms with Crippen LogP contribution in [0.1, 0.15) is 17.4 Å². The van der Waals surface area contributed by atoms with Crippen molar-refractivity contribution in [1.29, 1.82) is 0 Å². The minimum atomic E-state index is -0.926. The van der Waals surface area contributed by atoms with Crippen molar-refractivity contribution in [1.82, 2.24) is 9.97 Å². The fraction of sp³-hybridized carbons (Fsp3) is 0.118. The van der Waals surface area contributed by atoms with E-state index in [1.54, 1.807) is 18.3 Å². The zero-order chi connectivity index (χ0) is 16.9. The van der Waals surface area contributed by atoms with E-state index < -0.39 is 18.0 Å². The summed E-state index contributed by atoms with van der Waals surface area (Å²) in [4.78, 5) is 31.1. The molecular formula is C17H15N3O3S. The first-order valence-electron chi connectivity index (χ1n) is 7.29. The number of hydrogen-bond acceptors (Lipinski definition) is 5. The number of thiazole rings is 1. The predicted octanol–water partition coefficient (Wildman–Crippen LogP) is 3.32. The number of hydrogen-bond donors (Lipinski definition) is 2. The third kappa shape index (κ3) is 3.69. The molecule has 2 N–H and O–H groups in total. The molecule has 6 nitrogen and oxygen atoms in total. The van der Waals surface area contributed by atoms with Crippen molar-refractivity contribution >= 4 is 28.3 Å². The number of nitrogens with zero attached hydrogens (tertiary/aromatic N) is 1. The van der Waals surface area contributed by atoms with Gasteiger partial charge in [-0.3, -0.25) is 10.1 Å². The molecule has 3 aromatic rings. The van der Waals surface area contributed by atoms with E-state index in [9.17, 15) is 9.59 Å². The second-order valence-corrected chi connectivity index (χ2v) is 5.88. The van der Waals surface area contributed by atoms with Crippen molar-refractivity contribution in [2.75, 3.05) is 5.32 Å². The molecule has 0 aliphatic heterocycles. The first-order chi connectivity index (χ1) is 11.6. The molecule has 24 heavy (non-hydrogen) atoms. The molecule has 0 fully saturated rings. The highest BCUT2D eigenvalue weighted by Crippen LogP contribution is 2.24. The quantitative estimate of drug-likeness (QED) is 0.697. The largest absolute Gasteiger partial charge is 0.448 e. The van der Waals surface area contributed by atoms with Crippen molar-refractivity contribution in [2.45, 2.75) is 13.0 Å². The van der Waals surface area contributed by atoms with Gasteiger partial charge in [-0.25, -0.2) is 9.78 Å². The molecule has 1 aromatic carbocycles. The summed E-state index contributed by atoms with van der Waals surface area (Å²) in [6.07, 6.45) is 0.687. The number of anilines is 1. The van der Waals surface area contributed by atoms with Crippen LogP contribution in [0.5, 0.6) is 0 Å². The lowest BCUT2D eigenvalue weighted by atomic mass is 10.2. The Hall–Kier alpha value is -2.93. The molecule has 0 aliphatic rings. The lowest BCUT2D eigenvalue weighted by Gasteiger charge is -2.11. The predicted molar refractivity (Wildman–Crippen MR) is 91.8 cm³/mol. The van der Waals surface area contributed by atoms with Gasteiger partial charge in [-0.2, -0.15) is 0 Å². The molecule has 2 heterocycles. The van der Waals surface area contributed by atoms with E-state index in [4.69, 9.17) is 4.74 Å². The number of aromatic nitrogens is 2. The summed E-state index contributed by atoms with van der Waals surface area (Å²) in [5.74, 6) is -1.00. The van der Waals surface area contributed by atoms with Gasteiger partial charge in [0.15, 0.2) is 11.2 Å². The zero-order valence-electron chi connectivity index (χ0n) is 12.9. The number of aromatic amines is 1. The number of H-pyrrole nitrogens is 1. The van der Waals surface area contributed by atoms with Crippen LogP contribution < -0.4 is 5.32 Å². The Bertz CT molecular complexity index is 828. The number of nitrogens with one attached hydrogen (secondary N) is 2. The van der Waals surface area contributed by atoms with Crippen molar-refractivity contribution < 1.29 is 14.3 Å². The molecule has 3 rings (SSSR count). The minimum absolute atomic E-state index is 0.301. The Kier molecular flexibility index (Phi) is 4.72. The van der Waals surface area contributed by atoms with E-state index in [0.717, 1.165) is 11.3 Å². The first-order valence-corrected chi connectivity index (χ1v) is 8.17. The Balaban J connectivity index is 1.60. The maximum absolute atomic E-state index is 12.1. The van der Waals surface area contributed by atoms with Gasteiger partial charge in [0.1, 0.15) is 5.69 Å². The number of ether oxygens (including phenoxy) is 1. The molecule has 0 saturated heterocycles. The molecule has 0 bridgehead atoms. The van der Waals surface area contributed by atoms with Gasteiger partial charge < -0.3 is 9.72 Å². The summed E-state index contributed by atoms with van der Waals surface area (Å²) in [6, 6.07) is 12.9.